The molecule has 0 aromatic heterocycles. The van der Waals surface area contributed by atoms with Crippen LogP contribution in [-0.2, 0) is 0 Å². The van der Waals surface area contributed by atoms with E-state index in [0.717, 1.165) is 5.69 Å². The van der Waals surface area contributed by atoms with Gasteiger partial charge in [-0.1, -0.05) is 0 Å². The molecule has 0 radical (unpaired) electrons. The maximum atomic E-state index is 11.5. The minimum Gasteiger partial charge on any atom is -0.392 e. The van der Waals surface area contributed by atoms with Crippen molar-refractivity contribution in [2.45, 2.75) is 13.0 Å². The molecule has 0 saturated carbocycles. The fourth-order valence-electron chi connectivity index (χ4n) is 1.13. The zero-order chi connectivity index (χ0) is 11.3. The molecule has 1 aromatic carbocycles. The summed E-state index contributed by atoms with van der Waals surface area (Å²) >= 11 is 0. The van der Waals surface area contributed by atoms with E-state index in [4.69, 9.17) is 5.11 Å². The highest BCUT2D eigenvalue weighted by molar-refractivity contribution is 5.94. The first kappa shape index (κ1) is 11.5. The highest BCUT2D eigenvalue weighted by atomic mass is 16.3. The van der Waals surface area contributed by atoms with E-state index in [9.17, 15) is 4.79 Å². The molecule has 1 aromatic rings. The number of hydrogen-bond donors (Lipinski definition) is 3. The summed E-state index contributed by atoms with van der Waals surface area (Å²) in [5.41, 5.74) is 1.55. The van der Waals surface area contributed by atoms with E-state index in [-0.39, 0.29) is 12.5 Å². The molecule has 82 valence electrons. The molecule has 0 bridgehead atoms. The van der Waals surface area contributed by atoms with Gasteiger partial charge in [0.2, 0.25) is 0 Å². The van der Waals surface area contributed by atoms with Crippen molar-refractivity contribution in [1.29, 1.82) is 0 Å². The Bertz CT molecular complexity index is 320. The molecule has 4 nitrogen and oxygen atoms in total. The second-order valence-corrected chi connectivity index (χ2v) is 3.39. The standard InChI is InChI=1S/C11H16N2O2/c1-8(14)7-13-11(15)9-3-5-10(12-2)6-4-9/h3-6,8,12,14H,7H2,1-2H3,(H,13,15). The predicted octanol–water partition coefficient (Wildman–Crippen LogP) is 0.839. The number of rotatable bonds is 4. The fourth-order valence-corrected chi connectivity index (χ4v) is 1.13. The van der Waals surface area contributed by atoms with Crippen LogP contribution < -0.4 is 10.6 Å². The van der Waals surface area contributed by atoms with Crippen molar-refractivity contribution in [3.05, 3.63) is 29.8 Å². The molecule has 1 unspecified atom stereocenters. The number of anilines is 1. The van der Waals surface area contributed by atoms with Crippen LogP contribution in [0.5, 0.6) is 0 Å². The van der Waals surface area contributed by atoms with Crippen LogP contribution in [0.2, 0.25) is 0 Å². The first-order chi connectivity index (χ1) is 7.13. The Labute approximate surface area is 89.3 Å². The second kappa shape index (κ2) is 5.36. The number of nitrogens with one attached hydrogen (secondary N) is 2. The number of carbonyl (C=O) groups excluding carboxylic acids is 1. The van der Waals surface area contributed by atoms with Gasteiger partial charge in [0.25, 0.3) is 5.91 Å². The van der Waals surface area contributed by atoms with Crippen LogP contribution >= 0.6 is 0 Å². The van der Waals surface area contributed by atoms with Crippen LogP contribution in [0, 0.1) is 0 Å². The third kappa shape index (κ3) is 3.59. The number of carbonyl (C=O) groups is 1. The molecule has 1 amide bonds. The summed E-state index contributed by atoms with van der Waals surface area (Å²) in [6, 6.07) is 7.14. The van der Waals surface area contributed by atoms with Gasteiger partial charge in [-0.2, -0.15) is 0 Å². The average Bonchev–Trinajstić information content (AvgIpc) is 2.26. The van der Waals surface area contributed by atoms with Crippen molar-refractivity contribution < 1.29 is 9.90 Å². The van der Waals surface area contributed by atoms with Crippen molar-refractivity contribution in [3.8, 4) is 0 Å². The molecule has 0 aliphatic heterocycles. The van der Waals surface area contributed by atoms with Crippen molar-refractivity contribution >= 4 is 11.6 Å². The Morgan fingerprint density at radius 3 is 2.47 bits per heavy atom. The lowest BCUT2D eigenvalue weighted by Crippen LogP contribution is -2.30. The Morgan fingerprint density at radius 2 is 2.00 bits per heavy atom. The largest absolute Gasteiger partial charge is 0.392 e. The molecule has 3 N–H and O–H groups in total. The molecule has 0 spiro atoms. The second-order valence-electron chi connectivity index (χ2n) is 3.39. The monoisotopic (exact) mass is 208 g/mol. The molecule has 0 aliphatic carbocycles. The minimum atomic E-state index is -0.523. The van der Waals surface area contributed by atoms with Crippen LogP contribution in [0.3, 0.4) is 0 Å². The summed E-state index contributed by atoms with van der Waals surface area (Å²) in [7, 11) is 1.82. The Kier molecular flexibility index (Phi) is 4.12. The van der Waals surface area contributed by atoms with Gasteiger partial charge in [0.15, 0.2) is 0 Å². The van der Waals surface area contributed by atoms with Crippen LogP contribution in [0.4, 0.5) is 5.69 Å². The van der Waals surface area contributed by atoms with E-state index in [1.165, 1.54) is 0 Å². The average molecular weight is 208 g/mol. The van der Waals surface area contributed by atoms with Gasteiger partial charge in [0.1, 0.15) is 0 Å². The molecule has 15 heavy (non-hydrogen) atoms. The van der Waals surface area contributed by atoms with Gasteiger partial charge < -0.3 is 15.7 Å². The minimum absolute atomic E-state index is 0.168. The molecule has 0 aliphatic rings. The molecular weight excluding hydrogens is 192 g/mol. The van der Waals surface area contributed by atoms with Gasteiger partial charge in [-0.15, -0.1) is 0 Å². The summed E-state index contributed by atoms with van der Waals surface area (Å²) in [6.45, 7) is 1.90. The first-order valence-electron chi connectivity index (χ1n) is 4.87. The van der Waals surface area contributed by atoms with Crippen LogP contribution in [0.15, 0.2) is 24.3 Å². The highest BCUT2D eigenvalue weighted by Crippen LogP contribution is 2.08. The number of aliphatic hydroxyl groups excluding tert-OH is 1. The van der Waals surface area contributed by atoms with Crippen LogP contribution in [-0.4, -0.2) is 30.7 Å². The smallest absolute Gasteiger partial charge is 0.251 e. The molecule has 0 fully saturated rings. The molecule has 0 saturated heterocycles. The van der Waals surface area contributed by atoms with E-state index < -0.39 is 6.10 Å². The number of benzene rings is 1. The van der Waals surface area contributed by atoms with E-state index in [1.54, 1.807) is 19.1 Å². The fraction of sp³-hybridized carbons (Fsp3) is 0.364. The third-order valence-electron chi connectivity index (χ3n) is 1.99. The van der Waals surface area contributed by atoms with Crippen LogP contribution in [0.25, 0.3) is 0 Å². The molecular formula is C11H16N2O2. The lowest BCUT2D eigenvalue weighted by atomic mass is 10.2. The summed E-state index contributed by atoms with van der Waals surface area (Å²) in [4.78, 5) is 11.5. The topological polar surface area (TPSA) is 61.4 Å². The van der Waals surface area contributed by atoms with Gasteiger partial charge in [-0.05, 0) is 31.2 Å². The van der Waals surface area contributed by atoms with Gasteiger partial charge in [0.05, 0.1) is 6.10 Å². The zero-order valence-corrected chi connectivity index (χ0v) is 8.95. The maximum absolute atomic E-state index is 11.5. The third-order valence-corrected chi connectivity index (χ3v) is 1.99. The summed E-state index contributed by atoms with van der Waals surface area (Å²) in [6.07, 6.45) is -0.523. The molecule has 0 heterocycles. The van der Waals surface area contributed by atoms with Crippen molar-refractivity contribution in [1.82, 2.24) is 5.32 Å². The Hall–Kier alpha value is -1.55. The van der Waals surface area contributed by atoms with Gasteiger partial charge in [-0.3, -0.25) is 4.79 Å². The van der Waals surface area contributed by atoms with Crippen molar-refractivity contribution in [3.63, 3.8) is 0 Å². The molecule has 1 rings (SSSR count). The Balaban J connectivity index is 2.58. The summed E-state index contributed by atoms with van der Waals surface area (Å²) in [5, 5.41) is 14.6. The van der Waals surface area contributed by atoms with E-state index >= 15 is 0 Å². The molecule has 4 heteroatoms. The quantitative estimate of drug-likeness (QED) is 0.687. The van der Waals surface area contributed by atoms with E-state index in [0.29, 0.717) is 5.56 Å². The summed E-state index contributed by atoms with van der Waals surface area (Å²) < 4.78 is 0. The SMILES string of the molecule is CNc1ccc(C(=O)NCC(C)O)cc1. The van der Waals surface area contributed by atoms with Crippen molar-refractivity contribution in [2.75, 3.05) is 18.9 Å². The normalized spacial score (nSPS) is 11.9. The lowest BCUT2D eigenvalue weighted by molar-refractivity contribution is 0.0924. The van der Waals surface area contributed by atoms with E-state index in [2.05, 4.69) is 10.6 Å². The lowest BCUT2D eigenvalue weighted by Gasteiger charge is -2.07. The van der Waals surface area contributed by atoms with Gasteiger partial charge in [0, 0.05) is 24.8 Å². The number of aliphatic hydroxyl groups is 1. The number of hydrogen-bond acceptors (Lipinski definition) is 3. The molecule has 1 atom stereocenters. The van der Waals surface area contributed by atoms with E-state index in [1.807, 2.05) is 19.2 Å². The Morgan fingerprint density at radius 1 is 1.40 bits per heavy atom. The predicted molar refractivity (Wildman–Crippen MR) is 60.0 cm³/mol. The zero-order valence-electron chi connectivity index (χ0n) is 8.95. The van der Waals surface area contributed by atoms with Gasteiger partial charge >= 0.3 is 0 Å². The highest BCUT2D eigenvalue weighted by Gasteiger charge is 2.05. The van der Waals surface area contributed by atoms with Crippen molar-refractivity contribution in [2.24, 2.45) is 0 Å². The summed E-state index contributed by atoms with van der Waals surface area (Å²) in [5.74, 6) is -0.168. The van der Waals surface area contributed by atoms with Crippen LogP contribution in [0.1, 0.15) is 17.3 Å². The number of amides is 1. The maximum Gasteiger partial charge on any atom is 0.251 e. The van der Waals surface area contributed by atoms with Gasteiger partial charge in [-0.25, -0.2) is 0 Å². The first-order valence-corrected chi connectivity index (χ1v) is 4.87.